The van der Waals surface area contributed by atoms with Crippen LogP contribution in [0.2, 0.25) is 10.0 Å². The molecule has 0 amide bonds. The normalized spacial score (nSPS) is 9.50. The molecule has 0 saturated heterocycles. The SMILES string of the molecule is C=CCOc1nccc(Cl)c1Cl. The van der Waals surface area contributed by atoms with Gasteiger partial charge in [0.1, 0.15) is 11.6 Å². The van der Waals surface area contributed by atoms with Crippen LogP contribution in [0, 0.1) is 0 Å². The van der Waals surface area contributed by atoms with Gasteiger partial charge in [-0.3, -0.25) is 0 Å². The van der Waals surface area contributed by atoms with E-state index in [1.54, 1.807) is 12.1 Å². The molecule has 0 aliphatic heterocycles. The first-order chi connectivity index (χ1) is 5.75. The Morgan fingerprint density at radius 1 is 1.58 bits per heavy atom. The summed E-state index contributed by atoms with van der Waals surface area (Å²) in [5.41, 5.74) is 0. The van der Waals surface area contributed by atoms with Gasteiger partial charge in [-0.2, -0.15) is 0 Å². The van der Waals surface area contributed by atoms with Crippen LogP contribution in [0.3, 0.4) is 0 Å². The van der Waals surface area contributed by atoms with Crippen LogP contribution in [-0.2, 0) is 0 Å². The Labute approximate surface area is 80.8 Å². The maximum Gasteiger partial charge on any atom is 0.234 e. The molecule has 64 valence electrons. The Morgan fingerprint density at radius 3 is 3.00 bits per heavy atom. The van der Waals surface area contributed by atoms with E-state index in [4.69, 9.17) is 27.9 Å². The lowest BCUT2D eigenvalue weighted by Crippen LogP contribution is -1.95. The van der Waals surface area contributed by atoms with Gasteiger partial charge in [-0.15, -0.1) is 0 Å². The molecule has 0 aliphatic carbocycles. The minimum Gasteiger partial charge on any atom is -0.472 e. The van der Waals surface area contributed by atoms with Gasteiger partial charge in [0, 0.05) is 6.20 Å². The second-order valence-electron chi connectivity index (χ2n) is 2.01. The summed E-state index contributed by atoms with van der Waals surface area (Å²) in [4.78, 5) is 3.89. The molecule has 1 aromatic rings. The molecule has 0 radical (unpaired) electrons. The number of aromatic nitrogens is 1. The minimum atomic E-state index is 0.334. The van der Waals surface area contributed by atoms with Crippen LogP contribution < -0.4 is 4.74 Å². The van der Waals surface area contributed by atoms with E-state index in [0.29, 0.717) is 22.5 Å². The third kappa shape index (κ3) is 2.13. The highest BCUT2D eigenvalue weighted by Gasteiger charge is 2.05. The number of ether oxygens (including phenoxy) is 1. The number of hydrogen-bond acceptors (Lipinski definition) is 2. The van der Waals surface area contributed by atoms with Crippen LogP contribution in [0.4, 0.5) is 0 Å². The average molecular weight is 204 g/mol. The van der Waals surface area contributed by atoms with E-state index >= 15 is 0 Å². The molecule has 0 N–H and O–H groups in total. The maximum absolute atomic E-state index is 5.78. The molecule has 0 bridgehead atoms. The van der Waals surface area contributed by atoms with Gasteiger partial charge in [0.25, 0.3) is 0 Å². The molecule has 1 aromatic heterocycles. The average Bonchev–Trinajstić information content (AvgIpc) is 2.08. The number of rotatable bonds is 3. The zero-order chi connectivity index (χ0) is 8.97. The molecule has 2 nitrogen and oxygen atoms in total. The van der Waals surface area contributed by atoms with Gasteiger partial charge in [-0.25, -0.2) is 4.98 Å². The van der Waals surface area contributed by atoms with Crippen molar-refractivity contribution in [1.29, 1.82) is 0 Å². The van der Waals surface area contributed by atoms with Crippen molar-refractivity contribution in [3.05, 3.63) is 35.0 Å². The van der Waals surface area contributed by atoms with E-state index in [0.717, 1.165) is 0 Å². The number of hydrogen-bond donors (Lipinski definition) is 0. The molecular weight excluding hydrogens is 197 g/mol. The monoisotopic (exact) mass is 203 g/mol. The van der Waals surface area contributed by atoms with Gasteiger partial charge in [0.15, 0.2) is 0 Å². The standard InChI is InChI=1S/C8H7Cl2NO/c1-2-5-12-8-7(10)6(9)3-4-11-8/h2-4H,1,5H2. The fourth-order valence-electron chi connectivity index (χ4n) is 0.641. The van der Waals surface area contributed by atoms with Gasteiger partial charge in [0.2, 0.25) is 5.88 Å². The highest BCUT2D eigenvalue weighted by Crippen LogP contribution is 2.28. The van der Waals surface area contributed by atoms with Crippen LogP contribution in [0.5, 0.6) is 5.88 Å². The minimum absolute atomic E-state index is 0.334. The maximum atomic E-state index is 5.78. The lowest BCUT2D eigenvalue weighted by molar-refractivity contribution is 0.349. The lowest BCUT2D eigenvalue weighted by Gasteiger charge is -2.03. The number of pyridine rings is 1. The van der Waals surface area contributed by atoms with Crippen molar-refractivity contribution in [3.8, 4) is 5.88 Å². The largest absolute Gasteiger partial charge is 0.472 e. The van der Waals surface area contributed by atoms with E-state index in [2.05, 4.69) is 11.6 Å². The first-order valence-electron chi connectivity index (χ1n) is 3.29. The van der Waals surface area contributed by atoms with Crippen molar-refractivity contribution in [2.24, 2.45) is 0 Å². The lowest BCUT2D eigenvalue weighted by atomic mass is 10.5. The third-order valence-corrected chi connectivity index (χ3v) is 1.92. The second kappa shape index (κ2) is 4.33. The summed E-state index contributed by atoms with van der Waals surface area (Å²) in [5, 5.41) is 0.770. The molecule has 0 spiro atoms. The zero-order valence-electron chi connectivity index (χ0n) is 6.26. The molecule has 0 unspecified atom stereocenters. The first kappa shape index (κ1) is 9.36. The van der Waals surface area contributed by atoms with Crippen LogP contribution in [0.1, 0.15) is 0 Å². The topological polar surface area (TPSA) is 22.1 Å². The molecule has 1 rings (SSSR count). The summed E-state index contributed by atoms with van der Waals surface area (Å²) >= 11 is 11.5. The quantitative estimate of drug-likeness (QED) is 0.706. The molecule has 4 heteroatoms. The van der Waals surface area contributed by atoms with Crippen LogP contribution >= 0.6 is 23.2 Å². The van der Waals surface area contributed by atoms with Gasteiger partial charge < -0.3 is 4.74 Å². The fourth-order valence-corrected chi connectivity index (χ4v) is 0.944. The summed E-state index contributed by atoms with van der Waals surface area (Å²) in [6.45, 7) is 3.87. The van der Waals surface area contributed by atoms with Crippen molar-refractivity contribution in [2.45, 2.75) is 0 Å². The molecule has 0 fully saturated rings. The third-order valence-electron chi connectivity index (χ3n) is 1.15. The molecular formula is C8H7Cl2NO. The van der Waals surface area contributed by atoms with Crippen molar-refractivity contribution >= 4 is 23.2 Å². The Bertz CT molecular complexity index is 288. The van der Waals surface area contributed by atoms with Crippen LogP contribution in [0.15, 0.2) is 24.9 Å². The summed E-state index contributed by atoms with van der Waals surface area (Å²) in [6.07, 6.45) is 3.14. The highest BCUT2D eigenvalue weighted by atomic mass is 35.5. The van der Waals surface area contributed by atoms with E-state index < -0.39 is 0 Å². The Morgan fingerprint density at radius 2 is 2.33 bits per heavy atom. The Hall–Kier alpha value is -0.730. The van der Waals surface area contributed by atoms with Crippen molar-refractivity contribution < 1.29 is 4.74 Å². The van der Waals surface area contributed by atoms with Crippen molar-refractivity contribution in [1.82, 2.24) is 4.98 Å². The molecule has 0 aliphatic rings. The molecule has 0 atom stereocenters. The van der Waals surface area contributed by atoms with E-state index in [1.165, 1.54) is 6.20 Å². The van der Waals surface area contributed by atoms with E-state index in [-0.39, 0.29) is 0 Å². The summed E-state index contributed by atoms with van der Waals surface area (Å²) in [6, 6.07) is 1.60. The Balaban J connectivity index is 2.84. The Kier molecular flexibility index (Phi) is 3.38. The molecule has 1 heterocycles. The van der Waals surface area contributed by atoms with Crippen LogP contribution in [0.25, 0.3) is 0 Å². The van der Waals surface area contributed by atoms with Crippen molar-refractivity contribution in [2.75, 3.05) is 6.61 Å². The summed E-state index contributed by atoms with van der Waals surface area (Å²) < 4.78 is 5.12. The van der Waals surface area contributed by atoms with Crippen LogP contribution in [-0.4, -0.2) is 11.6 Å². The van der Waals surface area contributed by atoms with E-state index in [9.17, 15) is 0 Å². The second-order valence-corrected chi connectivity index (χ2v) is 2.80. The predicted octanol–water partition coefficient (Wildman–Crippen LogP) is 2.95. The van der Waals surface area contributed by atoms with Gasteiger partial charge >= 0.3 is 0 Å². The highest BCUT2D eigenvalue weighted by molar-refractivity contribution is 6.42. The summed E-state index contributed by atoms with van der Waals surface area (Å²) in [5.74, 6) is 0.337. The van der Waals surface area contributed by atoms with Gasteiger partial charge in [-0.05, 0) is 6.07 Å². The van der Waals surface area contributed by atoms with E-state index in [1.807, 2.05) is 0 Å². The van der Waals surface area contributed by atoms with Gasteiger partial charge in [-0.1, -0.05) is 35.9 Å². The smallest absolute Gasteiger partial charge is 0.234 e. The predicted molar refractivity (Wildman–Crippen MR) is 49.9 cm³/mol. The molecule has 0 aromatic carbocycles. The first-order valence-corrected chi connectivity index (χ1v) is 4.05. The fraction of sp³-hybridized carbons (Fsp3) is 0.125. The number of nitrogens with zero attached hydrogens (tertiary/aromatic N) is 1. The number of halogens is 2. The van der Waals surface area contributed by atoms with Crippen molar-refractivity contribution in [3.63, 3.8) is 0 Å². The van der Waals surface area contributed by atoms with Gasteiger partial charge in [0.05, 0.1) is 5.02 Å². The summed E-state index contributed by atoms with van der Waals surface area (Å²) in [7, 11) is 0. The molecule has 12 heavy (non-hydrogen) atoms. The zero-order valence-corrected chi connectivity index (χ0v) is 7.77. The molecule has 0 saturated carbocycles.